The molecule has 0 fully saturated rings. The zero-order valence-electron chi connectivity index (χ0n) is 7.93. The summed E-state index contributed by atoms with van der Waals surface area (Å²) in [5.74, 6) is 0. The zero-order valence-corrected chi connectivity index (χ0v) is 7.93. The first kappa shape index (κ1) is 9.39. The van der Waals surface area contributed by atoms with E-state index in [1.54, 1.807) is 12.1 Å². The molecule has 0 radical (unpaired) electrons. The third kappa shape index (κ3) is 1.38. The summed E-state index contributed by atoms with van der Waals surface area (Å²) in [6.45, 7) is 1.82. The summed E-state index contributed by atoms with van der Waals surface area (Å²) >= 11 is 0. The Morgan fingerprint density at radius 1 is 1.47 bits per heavy atom. The van der Waals surface area contributed by atoms with E-state index in [0.717, 1.165) is 5.56 Å². The number of allylic oxidation sites excluding steroid dienone is 1. The maximum Gasteiger partial charge on any atom is 0.295 e. The fraction of sp³-hybridized carbons (Fsp3) is 0.100. The number of benzene rings is 1. The molecule has 5 nitrogen and oxygen atoms in total. The van der Waals surface area contributed by atoms with Gasteiger partial charge in [0.15, 0.2) is 0 Å². The average molecular weight is 203 g/mol. The molecule has 0 bridgehead atoms. The quantitative estimate of drug-likeness (QED) is 0.351. The standard InChI is InChI=1S/C10H8N2O3/c1-6-2-3-9(12(14)15)10-8(6)4-7(5-13)11-10/h2-5,13H,1H3/p-1. The molecule has 2 rings (SSSR count). The van der Waals surface area contributed by atoms with Crippen molar-refractivity contribution in [1.29, 1.82) is 0 Å². The summed E-state index contributed by atoms with van der Waals surface area (Å²) in [5.41, 5.74) is 1.03. The Morgan fingerprint density at radius 2 is 2.20 bits per heavy atom. The molecule has 1 aliphatic rings. The van der Waals surface area contributed by atoms with E-state index in [1.165, 1.54) is 6.07 Å². The molecule has 1 aromatic rings. The van der Waals surface area contributed by atoms with Gasteiger partial charge in [0.1, 0.15) is 5.36 Å². The minimum Gasteiger partial charge on any atom is -0.876 e. The predicted octanol–water partition coefficient (Wildman–Crippen LogP) is -0.481. The van der Waals surface area contributed by atoms with Crippen molar-refractivity contribution in [3.05, 3.63) is 50.3 Å². The van der Waals surface area contributed by atoms with Crippen LogP contribution in [0, 0.1) is 17.0 Å². The molecular formula is C10H7N2O3-. The molecule has 0 aromatic heterocycles. The van der Waals surface area contributed by atoms with E-state index in [4.69, 9.17) is 0 Å². The fourth-order valence-corrected chi connectivity index (χ4v) is 1.51. The van der Waals surface area contributed by atoms with Gasteiger partial charge in [-0.15, -0.1) is 6.26 Å². The summed E-state index contributed by atoms with van der Waals surface area (Å²) in [7, 11) is 0. The Hall–Kier alpha value is -2.17. The number of rotatable bonds is 1. The molecule has 15 heavy (non-hydrogen) atoms. The van der Waals surface area contributed by atoms with Crippen LogP contribution in [0.3, 0.4) is 0 Å². The summed E-state index contributed by atoms with van der Waals surface area (Å²) < 4.78 is 0. The largest absolute Gasteiger partial charge is 0.876 e. The van der Waals surface area contributed by atoms with Gasteiger partial charge in [-0.05, 0) is 18.6 Å². The van der Waals surface area contributed by atoms with Crippen molar-refractivity contribution in [2.75, 3.05) is 0 Å². The topological polar surface area (TPSA) is 78.6 Å². The molecule has 0 amide bonds. The Kier molecular flexibility index (Phi) is 2.00. The summed E-state index contributed by atoms with van der Waals surface area (Å²) in [6, 6.07) is 3.05. The van der Waals surface area contributed by atoms with Crippen LogP contribution < -0.4 is 15.7 Å². The first-order valence-electron chi connectivity index (χ1n) is 4.30. The second-order valence-electron chi connectivity index (χ2n) is 3.22. The lowest BCUT2D eigenvalue weighted by atomic mass is 10.1. The van der Waals surface area contributed by atoms with Crippen LogP contribution in [0.25, 0.3) is 6.08 Å². The highest BCUT2D eigenvalue weighted by molar-refractivity contribution is 5.53. The third-order valence-corrected chi connectivity index (χ3v) is 2.26. The van der Waals surface area contributed by atoms with Gasteiger partial charge >= 0.3 is 0 Å². The summed E-state index contributed by atoms with van der Waals surface area (Å²) in [6.07, 6.45) is 2.15. The molecule has 0 unspecified atom stereocenters. The van der Waals surface area contributed by atoms with Crippen LogP contribution in [0.2, 0.25) is 0 Å². The molecule has 1 heterocycles. The van der Waals surface area contributed by atoms with Gasteiger partial charge < -0.3 is 5.11 Å². The second-order valence-corrected chi connectivity index (χ2v) is 3.22. The first-order valence-corrected chi connectivity index (χ1v) is 4.30. The Morgan fingerprint density at radius 3 is 2.80 bits per heavy atom. The van der Waals surface area contributed by atoms with Gasteiger partial charge in [-0.3, -0.25) is 10.1 Å². The minimum absolute atomic E-state index is 0.0660. The predicted molar refractivity (Wildman–Crippen MR) is 51.2 cm³/mol. The van der Waals surface area contributed by atoms with Crippen molar-refractivity contribution in [1.82, 2.24) is 0 Å². The van der Waals surface area contributed by atoms with E-state index >= 15 is 0 Å². The van der Waals surface area contributed by atoms with Crippen LogP contribution in [0.5, 0.6) is 0 Å². The van der Waals surface area contributed by atoms with Crippen molar-refractivity contribution in [2.45, 2.75) is 6.92 Å². The van der Waals surface area contributed by atoms with Crippen LogP contribution in [-0.2, 0) is 0 Å². The van der Waals surface area contributed by atoms with Crippen molar-refractivity contribution >= 4 is 11.8 Å². The van der Waals surface area contributed by atoms with Gasteiger partial charge in [-0.1, -0.05) is 6.07 Å². The van der Waals surface area contributed by atoms with Crippen molar-refractivity contribution in [3.8, 4) is 0 Å². The van der Waals surface area contributed by atoms with Crippen molar-refractivity contribution < 1.29 is 10.0 Å². The van der Waals surface area contributed by atoms with Gasteiger partial charge in [-0.25, -0.2) is 4.99 Å². The van der Waals surface area contributed by atoms with Crippen LogP contribution in [-0.4, -0.2) is 4.92 Å². The van der Waals surface area contributed by atoms with Crippen LogP contribution in [0.1, 0.15) is 5.56 Å². The molecule has 1 aliphatic heterocycles. The van der Waals surface area contributed by atoms with Crippen LogP contribution >= 0.6 is 0 Å². The first-order chi connectivity index (χ1) is 7.13. The Bertz CT molecular complexity index is 587. The average Bonchev–Trinajstić information content (AvgIpc) is 2.62. The number of nitrogens with zero attached hydrogens (tertiary/aromatic N) is 2. The van der Waals surface area contributed by atoms with Gasteiger partial charge in [-0.2, -0.15) is 0 Å². The van der Waals surface area contributed by atoms with Gasteiger partial charge in [0.05, 0.1) is 4.92 Å². The third-order valence-electron chi connectivity index (χ3n) is 2.26. The molecular weight excluding hydrogens is 196 g/mol. The number of hydrogen-bond donors (Lipinski definition) is 0. The fourth-order valence-electron chi connectivity index (χ4n) is 1.51. The SMILES string of the molecule is Cc1ccc([N+](=O)[O-])c2c1=CC(=C[O-])N=2. The number of fused-ring (bicyclic) bond motifs is 1. The normalized spacial score (nSPS) is 15.7. The molecule has 76 valence electrons. The minimum atomic E-state index is -0.497. The number of nitro groups is 1. The zero-order chi connectivity index (χ0) is 11.0. The molecule has 0 saturated carbocycles. The Balaban J connectivity index is 2.88. The van der Waals surface area contributed by atoms with Gasteiger partial charge in [0, 0.05) is 17.0 Å². The highest BCUT2D eigenvalue weighted by Gasteiger charge is 2.14. The van der Waals surface area contributed by atoms with E-state index in [1.807, 2.05) is 6.92 Å². The molecule has 0 N–H and O–H groups in total. The number of nitro benzene ring substituents is 1. The van der Waals surface area contributed by atoms with Crippen LogP contribution in [0.4, 0.5) is 5.69 Å². The molecule has 0 spiro atoms. The summed E-state index contributed by atoms with van der Waals surface area (Å²) in [4.78, 5) is 14.1. The van der Waals surface area contributed by atoms with Gasteiger partial charge in [0.2, 0.25) is 0 Å². The number of hydrogen-bond acceptors (Lipinski definition) is 4. The van der Waals surface area contributed by atoms with E-state index in [9.17, 15) is 15.2 Å². The Labute approximate surface area is 84.8 Å². The molecule has 5 heteroatoms. The monoisotopic (exact) mass is 203 g/mol. The van der Waals surface area contributed by atoms with Crippen molar-refractivity contribution in [2.24, 2.45) is 4.99 Å². The van der Waals surface area contributed by atoms with E-state index in [0.29, 0.717) is 11.5 Å². The lowest BCUT2D eigenvalue weighted by Gasteiger charge is -1.93. The highest BCUT2D eigenvalue weighted by Crippen LogP contribution is 2.07. The van der Waals surface area contributed by atoms with Crippen molar-refractivity contribution in [3.63, 3.8) is 0 Å². The maximum absolute atomic E-state index is 10.7. The van der Waals surface area contributed by atoms with E-state index in [-0.39, 0.29) is 16.7 Å². The summed E-state index contributed by atoms with van der Waals surface area (Å²) in [5, 5.41) is 22.2. The molecule has 0 saturated heterocycles. The maximum atomic E-state index is 10.7. The highest BCUT2D eigenvalue weighted by atomic mass is 16.6. The molecule has 0 atom stereocenters. The van der Waals surface area contributed by atoms with E-state index < -0.39 is 4.92 Å². The second kappa shape index (κ2) is 3.20. The molecule has 0 aliphatic carbocycles. The number of non-ortho nitro benzene ring substituents is 1. The lowest BCUT2D eigenvalue weighted by molar-refractivity contribution is -0.386. The van der Waals surface area contributed by atoms with Gasteiger partial charge in [0.25, 0.3) is 5.69 Å². The number of aryl methyl sites for hydroxylation is 1. The smallest absolute Gasteiger partial charge is 0.295 e. The van der Waals surface area contributed by atoms with E-state index in [2.05, 4.69) is 4.99 Å². The van der Waals surface area contributed by atoms with Crippen LogP contribution in [0.15, 0.2) is 29.1 Å². The molecule has 1 aromatic carbocycles. The lowest BCUT2D eigenvalue weighted by Crippen LogP contribution is -2.27.